The second kappa shape index (κ2) is 7.35. The van der Waals surface area contributed by atoms with E-state index in [-0.39, 0.29) is 23.6 Å². The zero-order valence-electron chi connectivity index (χ0n) is 13.2. The fraction of sp³-hybridized carbons (Fsp3) is 0.250. The number of nitrogens with one attached hydrogen (secondary N) is 2. The summed E-state index contributed by atoms with van der Waals surface area (Å²) in [5.41, 5.74) is 1.29. The number of rotatable bonds is 5. The zero-order valence-corrected chi connectivity index (χ0v) is 13.2. The molecule has 0 spiro atoms. The van der Waals surface area contributed by atoms with Crippen LogP contribution >= 0.6 is 0 Å². The standard InChI is InChI=1S/C16H18N4O3/c1-10(2)18-14(21)13-7-8-17-16(20-13)19-12-6-4-5-11(9-12)15(22)23-3/h4-10H,1-3H3,(H,18,21)(H,17,19,20). The maximum absolute atomic E-state index is 12.0. The van der Waals surface area contributed by atoms with Gasteiger partial charge in [-0.25, -0.2) is 14.8 Å². The average molecular weight is 314 g/mol. The van der Waals surface area contributed by atoms with Crippen molar-refractivity contribution < 1.29 is 14.3 Å². The number of amides is 1. The SMILES string of the molecule is COC(=O)c1cccc(Nc2nccc(C(=O)NC(C)C)n2)c1. The molecule has 7 heteroatoms. The van der Waals surface area contributed by atoms with Gasteiger partial charge >= 0.3 is 5.97 Å². The van der Waals surface area contributed by atoms with Gasteiger partial charge in [-0.15, -0.1) is 0 Å². The van der Waals surface area contributed by atoms with Crippen LogP contribution in [0.25, 0.3) is 0 Å². The molecule has 2 N–H and O–H groups in total. The molecule has 1 heterocycles. The lowest BCUT2D eigenvalue weighted by Crippen LogP contribution is -2.30. The molecule has 0 fully saturated rings. The number of hydrogen-bond acceptors (Lipinski definition) is 6. The second-order valence-electron chi connectivity index (χ2n) is 5.09. The van der Waals surface area contributed by atoms with Gasteiger partial charge in [-0.3, -0.25) is 4.79 Å². The molecule has 1 amide bonds. The number of benzene rings is 1. The molecule has 23 heavy (non-hydrogen) atoms. The maximum Gasteiger partial charge on any atom is 0.337 e. The third kappa shape index (κ3) is 4.50. The Kier molecular flexibility index (Phi) is 5.24. The van der Waals surface area contributed by atoms with E-state index in [9.17, 15) is 9.59 Å². The van der Waals surface area contributed by atoms with Gasteiger partial charge in [0.25, 0.3) is 5.91 Å². The summed E-state index contributed by atoms with van der Waals surface area (Å²) in [6.07, 6.45) is 1.49. The number of ether oxygens (including phenoxy) is 1. The lowest BCUT2D eigenvalue weighted by molar-refractivity contribution is 0.0600. The zero-order chi connectivity index (χ0) is 16.8. The van der Waals surface area contributed by atoms with E-state index < -0.39 is 5.97 Å². The van der Waals surface area contributed by atoms with Crippen molar-refractivity contribution in [3.63, 3.8) is 0 Å². The first kappa shape index (κ1) is 16.4. The highest BCUT2D eigenvalue weighted by Crippen LogP contribution is 2.15. The minimum Gasteiger partial charge on any atom is -0.465 e. The summed E-state index contributed by atoms with van der Waals surface area (Å²) in [6.45, 7) is 3.74. The van der Waals surface area contributed by atoms with Gasteiger partial charge in [0.05, 0.1) is 12.7 Å². The van der Waals surface area contributed by atoms with Crippen LogP contribution in [0.15, 0.2) is 36.5 Å². The van der Waals surface area contributed by atoms with Gasteiger partial charge in [0.2, 0.25) is 5.95 Å². The predicted octanol–water partition coefficient (Wildman–Crippen LogP) is 2.14. The van der Waals surface area contributed by atoms with Crippen LogP contribution in [0.1, 0.15) is 34.7 Å². The first-order valence-corrected chi connectivity index (χ1v) is 7.09. The van der Waals surface area contributed by atoms with Crippen LogP contribution in [-0.4, -0.2) is 35.0 Å². The largest absolute Gasteiger partial charge is 0.465 e. The molecule has 2 aromatic rings. The Bertz CT molecular complexity index is 716. The van der Waals surface area contributed by atoms with Crippen LogP contribution in [0.2, 0.25) is 0 Å². The van der Waals surface area contributed by atoms with Crippen molar-refractivity contribution >= 4 is 23.5 Å². The molecule has 0 saturated carbocycles. The smallest absolute Gasteiger partial charge is 0.337 e. The van der Waals surface area contributed by atoms with E-state index in [1.165, 1.54) is 19.4 Å². The van der Waals surface area contributed by atoms with Gasteiger partial charge in [-0.2, -0.15) is 0 Å². The summed E-state index contributed by atoms with van der Waals surface area (Å²) in [5, 5.41) is 5.73. The van der Waals surface area contributed by atoms with Crippen LogP contribution in [0.5, 0.6) is 0 Å². The molecular formula is C16H18N4O3. The van der Waals surface area contributed by atoms with Gasteiger partial charge in [0, 0.05) is 17.9 Å². The minimum absolute atomic E-state index is 0.0191. The monoisotopic (exact) mass is 314 g/mol. The average Bonchev–Trinajstić information content (AvgIpc) is 2.54. The molecule has 0 aliphatic heterocycles. The van der Waals surface area contributed by atoms with Crippen molar-refractivity contribution in [3.8, 4) is 0 Å². The van der Waals surface area contributed by atoms with Gasteiger partial charge in [0.15, 0.2) is 0 Å². The molecule has 0 aliphatic rings. The topological polar surface area (TPSA) is 93.2 Å². The van der Waals surface area contributed by atoms with Crippen LogP contribution in [-0.2, 0) is 4.74 Å². The molecule has 7 nitrogen and oxygen atoms in total. The molecule has 0 radical (unpaired) electrons. The quantitative estimate of drug-likeness (QED) is 0.821. The number of carbonyl (C=O) groups is 2. The molecule has 0 saturated heterocycles. The van der Waals surface area contributed by atoms with Crippen molar-refractivity contribution in [1.29, 1.82) is 0 Å². The van der Waals surface area contributed by atoms with Crippen molar-refractivity contribution in [2.24, 2.45) is 0 Å². The summed E-state index contributed by atoms with van der Waals surface area (Å²) in [5.74, 6) is -0.434. The van der Waals surface area contributed by atoms with E-state index in [1.807, 2.05) is 13.8 Å². The summed E-state index contributed by atoms with van der Waals surface area (Å²) in [6, 6.07) is 8.29. The Hall–Kier alpha value is -2.96. The third-order valence-corrected chi connectivity index (χ3v) is 2.85. The Labute approximate surface area is 134 Å². The lowest BCUT2D eigenvalue weighted by Gasteiger charge is -2.09. The highest BCUT2D eigenvalue weighted by Gasteiger charge is 2.11. The lowest BCUT2D eigenvalue weighted by atomic mass is 10.2. The van der Waals surface area contributed by atoms with E-state index in [1.54, 1.807) is 24.3 Å². The number of hydrogen-bond donors (Lipinski definition) is 2. The minimum atomic E-state index is -0.431. The van der Waals surface area contributed by atoms with Crippen LogP contribution in [0, 0.1) is 0 Å². The molecule has 1 aromatic heterocycles. The first-order valence-electron chi connectivity index (χ1n) is 7.09. The Morgan fingerprint density at radius 3 is 2.70 bits per heavy atom. The summed E-state index contributed by atoms with van der Waals surface area (Å²) < 4.78 is 4.68. The van der Waals surface area contributed by atoms with E-state index in [4.69, 9.17) is 0 Å². The Morgan fingerprint density at radius 2 is 2.00 bits per heavy atom. The maximum atomic E-state index is 12.0. The number of methoxy groups -OCH3 is 1. The molecule has 1 aromatic carbocycles. The van der Waals surface area contributed by atoms with Crippen LogP contribution < -0.4 is 10.6 Å². The number of nitrogens with zero attached hydrogens (tertiary/aromatic N) is 2. The second-order valence-corrected chi connectivity index (χ2v) is 5.09. The number of aromatic nitrogens is 2. The van der Waals surface area contributed by atoms with Gasteiger partial charge in [0.1, 0.15) is 5.69 Å². The highest BCUT2D eigenvalue weighted by molar-refractivity contribution is 5.93. The molecule has 0 unspecified atom stereocenters. The van der Waals surface area contributed by atoms with E-state index in [0.29, 0.717) is 11.3 Å². The molecule has 0 aliphatic carbocycles. The molecule has 0 atom stereocenters. The highest BCUT2D eigenvalue weighted by atomic mass is 16.5. The normalized spacial score (nSPS) is 10.3. The van der Waals surface area contributed by atoms with Crippen molar-refractivity contribution in [1.82, 2.24) is 15.3 Å². The Morgan fingerprint density at radius 1 is 1.22 bits per heavy atom. The van der Waals surface area contributed by atoms with Crippen LogP contribution in [0.3, 0.4) is 0 Å². The van der Waals surface area contributed by atoms with Gasteiger partial charge in [-0.1, -0.05) is 6.07 Å². The first-order chi connectivity index (χ1) is 11.0. The summed E-state index contributed by atoms with van der Waals surface area (Å²) in [4.78, 5) is 31.7. The van der Waals surface area contributed by atoms with Crippen LogP contribution in [0.4, 0.5) is 11.6 Å². The van der Waals surface area contributed by atoms with Crippen molar-refractivity contribution in [3.05, 3.63) is 47.8 Å². The van der Waals surface area contributed by atoms with E-state index >= 15 is 0 Å². The molecule has 120 valence electrons. The van der Waals surface area contributed by atoms with E-state index in [0.717, 1.165) is 0 Å². The molecular weight excluding hydrogens is 296 g/mol. The van der Waals surface area contributed by atoms with Crippen molar-refractivity contribution in [2.75, 3.05) is 12.4 Å². The van der Waals surface area contributed by atoms with Crippen molar-refractivity contribution in [2.45, 2.75) is 19.9 Å². The molecule has 2 rings (SSSR count). The van der Waals surface area contributed by atoms with Gasteiger partial charge in [-0.05, 0) is 38.1 Å². The summed E-state index contributed by atoms with van der Waals surface area (Å²) in [7, 11) is 1.32. The predicted molar refractivity (Wildman–Crippen MR) is 85.7 cm³/mol. The number of carbonyl (C=O) groups excluding carboxylic acids is 2. The number of anilines is 2. The molecule has 0 bridgehead atoms. The Balaban J connectivity index is 2.17. The summed E-state index contributed by atoms with van der Waals surface area (Å²) >= 11 is 0. The fourth-order valence-corrected chi connectivity index (χ4v) is 1.85. The third-order valence-electron chi connectivity index (χ3n) is 2.85. The fourth-order valence-electron chi connectivity index (χ4n) is 1.85. The van der Waals surface area contributed by atoms with E-state index in [2.05, 4.69) is 25.3 Å². The number of esters is 1. The van der Waals surface area contributed by atoms with Gasteiger partial charge < -0.3 is 15.4 Å².